The topological polar surface area (TPSA) is 69.0 Å². The van der Waals surface area contributed by atoms with Gasteiger partial charge in [-0.05, 0) is 37.5 Å². The molecule has 0 bridgehead atoms. The van der Waals surface area contributed by atoms with Crippen LogP contribution in [0, 0.1) is 6.92 Å². The highest BCUT2D eigenvalue weighted by Gasteiger charge is 2.15. The molecule has 0 aliphatic carbocycles. The molecule has 0 radical (unpaired) electrons. The number of hydrogen-bond acceptors (Lipinski definition) is 5. The van der Waals surface area contributed by atoms with E-state index in [-0.39, 0.29) is 5.91 Å². The normalized spacial score (nSPS) is 10.8. The third-order valence-corrected chi connectivity index (χ3v) is 5.79. The summed E-state index contributed by atoms with van der Waals surface area (Å²) in [4.78, 5) is 21.7. The zero-order chi connectivity index (χ0) is 21.6. The standard InChI is InChI=1S/C24H24N4O2S/c1-17-25-15-22(27-23(29)13-6-10-18-8-4-3-5-9-18)28(17)24-26-21(16-31-24)19-11-7-12-20(14-19)30-2/h3-5,7-9,11-12,14-16H,6,10,13H2,1-2H3,(H,27,29). The summed E-state index contributed by atoms with van der Waals surface area (Å²) in [5.74, 6) is 2.16. The first-order valence-corrected chi connectivity index (χ1v) is 11.0. The lowest BCUT2D eigenvalue weighted by Gasteiger charge is -2.09. The molecule has 2 aromatic heterocycles. The van der Waals surface area contributed by atoms with Crippen LogP contribution in [0.2, 0.25) is 0 Å². The Bertz CT molecular complexity index is 1170. The minimum absolute atomic E-state index is 0.0262. The van der Waals surface area contributed by atoms with Crippen molar-refractivity contribution in [3.8, 4) is 22.1 Å². The van der Waals surface area contributed by atoms with Crippen LogP contribution in [0.5, 0.6) is 5.75 Å². The number of thiazole rings is 1. The van der Waals surface area contributed by atoms with E-state index < -0.39 is 0 Å². The fourth-order valence-corrected chi connectivity index (χ4v) is 4.25. The SMILES string of the molecule is COc1cccc(-c2csc(-n3c(NC(=O)CCCc4ccccc4)cnc3C)n2)c1. The first-order chi connectivity index (χ1) is 15.1. The molecule has 0 spiro atoms. The predicted octanol–water partition coefficient (Wildman–Crippen LogP) is 5.27. The molecule has 0 aliphatic rings. The number of hydrogen-bond donors (Lipinski definition) is 1. The minimum Gasteiger partial charge on any atom is -0.497 e. The summed E-state index contributed by atoms with van der Waals surface area (Å²) in [6, 6.07) is 18.0. The molecule has 2 heterocycles. The van der Waals surface area contributed by atoms with Crippen LogP contribution in [0.3, 0.4) is 0 Å². The summed E-state index contributed by atoms with van der Waals surface area (Å²) in [5.41, 5.74) is 3.07. The molecule has 4 aromatic rings. The van der Waals surface area contributed by atoms with Gasteiger partial charge in [-0.1, -0.05) is 42.5 Å². The smallest absolute Gasteiger partial charge is 0.225 e. The van der Waals surface area contributed by atoms with E-state index in [1.807, 2.05) is 59.3 Å². The van der Waals surface area contributed by atoms with Crippen molar-refractivity contribution < 1.29 is 9.53 Å². The maximum absolute atomic E-state index is 12.5. The maximum Gasteiger partial charge on any atom is 0.225 e. The number of anilines is 1. The van der Waals surface area contributed by atoms with Crippen LogP contribution in [0.1, 0.15) is 24.2 Å². The van der Waals surface area contributed by atoms with Crippen LogP contribution in [-0.4, -0.2) is 27.6 Å². The Kier molecular flexibility index (Phi) is 6.43. The third-order valence-electron chi connectivity index (χ3n) is 4.97. The first-order valence-electron chi connectivity index (χ1n) is 10.1. The molecule has 7 heteroatoms. The second kappa shape index (κ2) is 9.57. The van der Waals surface area contributed by atoms with E-state index in [1.165, 1.54) is 16.9 Å². The number of carbonyl (C=O) groups is 1. The van der Waals surface area contributed by atoms with Gasteiger partial charge in [-0.3, -0.25) is 9.36 Å². The van der Waals surface area contributed by atoms with Gasteiger partial charge in [-0.2, -0.15) is 0 Å². The van der Waals surface area contributed by atoms with E-state index in [9.17, 15) is 4.79 Å². The van der Waals surface area contributed by atoms with Crippen LogP contribution in [0.25, 0.3) is 16.4 Å². The number of nitrogens with zero attached hydrogens (tertiary/aromatic N) is 3. The quantitative estimate of drug-likeness (QED) is 0.412. The van der Waals surface area contributed by atoms with E-state index in [0.29, 0.717) is 12.2 Å². The molecule has 0 saturated carbocycles. The maximum atomic E-state index is 12.5. The van der Waals surface area contributed by atoms with Crippen molar-refractivity contribution in [1.82, 2.24) is 14.5 Å². The molecule has 1 N–H and O–H groups in total. The number of aromatic nitrogens is 3. The van der Waals surface area contributed by atoms with Gasteiger partial charge >= 0.3 is 0 Å². The highest BCUT2D eigenvalue weighted by atomic mass is 32.1. The van der Waals surface area contributed by atoms with Crippen LogP contribution < -0.4 is 10.1 Å². The number of aryl methyl sites for hydroxylation is 2. The summed E-state index contributed by atoms with van der Waals surface area (Å²) < 4.78 is 7.19. The molecular weight excluding hydrogens is 408 g/mol. The predicted molar refractivity (Wildman–Crippen MR) is 124 cm³/mol. The fraction of sp³-hybridized carbons (Fsp3) is 0.208. The molecule has 2 aromatic carbocycles. The average Bonchev–Trinajstić information content (AvgIpc) is 3.41. The summed E-state index contributed by atoms with van der Waals surface area (Å²) in [6.07, 6.45) is 3.80. The molecular formula is C24H24N4O2S. The Balaban J connectivity index is 1.45. The molecule has 1 amide bonds. The summed E-state index contributed by atoms with van der Waals surface area (Å²) in [6.45, 7) is 1.90. The van der Waals surface area contributed by atoms with E-state index in [0.717, 1.165) is 40.8 Å². The van der Waals surface area contributed by atoms with Crippen LogP contribution in [-0.2, 0) is 11.2 Å². The molecule has 0 saturated heterocycles. The molecule has 4 rings (SSSR count). The highest BCUT2D eigenvalue weighted by Crippen LogP contribution is 2.29. The van der Waals surface area contributed by atoms with Crippen molar-refractivity contribution in [2.45, 2.75) is 26.2 Å². The van der Waals surface area contributed by atoms with Crippen LogP contribution >= 0.6 is 11.3 Å². The van der Waals surface area contributed by atoms with Gasteiger partial charge < -0.3 is 10.1 Å². The lowest BCUT2D eigenvalue weighted by atomic mass is 10.1. The second-order valence-corrected chi connectivity index (χ2v) is 8.00. The number of rotatable bonds is 8. The summed E-state index contributed by atoms with van der Waals surface area (Å²) in [7, 11) is 1.65. The Hall–Kier alpha value is -3.45. The fourth-order valence-electron chi connectivity index (χ4n) is 3.36. The van der Waals surface area contributed by atoms with Crippen LogP contribution in [0.15, 0.2) is 66.2 Å². The second-order valence-electron chi connectivity index (χ2n) is 7.16. The molecule has 158 valence electrons. The third kappa shape index (κ3) is 5.00. The lowest BCUT2D eigenvalue weighted by molar-refractivity contribution is -0.116. The largest absolute Gasteiger partial charge is 0.497 e. The first kappa shape index (κ1) is 20.8. The average molecular weight is 433 g/mol. The number of ether oxygens (including phenoxy) is 1. The minimum atomic E-state index is -0.0262. The van der Waals surface area contributed by atoms with Crippen LogP contribution in [0.4, 0.5) is 5.82 Å². The summed E-state index contributed by atoms with van der Waals surface area (Å²) >= 11 is 1.51. The van der Waals surface area contributed by atoms with Crippen molar-refractivity contribution in [2.75, 3.05) is 12.4 Å². The van der Waals surface area contributed by atoms with Gasteiger partial charge in [0.2, 0.25) is 5.91 Å². The summed E-state index contributed by atoms with van der Waals surface area (Å²) in [5, 5.41) is 5.74. The van der Waals surface area contributed by atoms with Crippen molar-refractivity contribution in [3.63, 3.8) is 0 Å². The van der Waals surface area contributed by atoms with E-state index in [4.69, 9.17) is 9.72 Å². The van der Waals surface area contributed by atoms with Gasteiger partial charge in [0, 0.05) is 17.4 Å². The van der Waals surface area contributed by atoms with Gasteiger partial charge in [0.15, 0.2) is 5.13 Å². The zero-order valence-corrected chi connectivity index (χ0v) is 18.4. The van der Waals surface area contributed by atoms with Gasteiger partial charge in [0.1, 0.15) is 17.4 Å². The Labute approximate surface area is 185 Å². The van der Waals surface area contributed by atoms with Crippen molar-refractivity contribution in [1.29, 1.82) is 0 Å². The van der Waals surface area contributed by atoms with Gasteiger partial charge in [-0.15, -0.1) is 11.3 Å². The number of amides is 1. The van der Waals surface area contributed by atoms with Gasteiger partial charge in [0.25, 0.3) is 0 Å². The molecule has 0 unspecified atom stereocenters. The van der Waals surface area contributed by atoms with Crippen molar-refractivity contribution in [3.05, 3.63) is 77.6 Å². The number of carbonyl (C=O) groups excluding carboxylic acids is 1. The van der Waals surface area contributed by atoms with Crippen molar-refractivity contribution in [2.24, 2.45) is 0 Å². The zero-order valence-electron chi connectivity index (χ0n) is 17.5. The molecule has 0 fully saturated rings. The Morgan fingerprint density at radius 1 is 1.16 bits per heavy atom. The monoisotopic (exact) mass is 432 g/mol. The molecule has 6 nitrogen and oxygen atoms in total. The van der Waals surface area contributed by atoms with Gasteiger partial charge in [-0.25, -0.2) is 9.97 Å². The number of methoxy groups -OCH3 is 1. The molecule has 0 atom stereocenters. The Morgan fingerprint density at radius 3 is 2.81 bits per heavy atom. The molecule has 31 heavy (non-hydrogen) atoms. The number of benzene rings is 2. The van der Waals surface area contributed by atoms with E-state index >= 15 is 0 Å². The van der Waals surface area contributed by atoms with Crippen molar-refractivity contribution >= 4 is 23.1 Å². The highest BCUT2D eigenvalue weighted by molar-refractivity contribution is 7.12. The van der Waals surface area contributed by atoms with E-state index in [2.05, 4.69) is 22.4 Å². The number of nitrogens with one attached hydrogen (secondary N) is 1. The van der Waals surface area contributed by atoms with Gasteiger partial charge in [0.05, 0.1) is 19.0 Å². The van der Waals surface area contributed by atoms with E-state index in [1.54, 1.807) is 13.3 Å². The number of imidazole rings is 1. The molecule has 0 aliphatic heterocycles. The lowest BCUT2D eigenvalue weighted by Crippen LogP contribution is -2.14. The Morgan fingerprint density at radius 2 is 2.00 bits per heavy atom.